The quantitative estimate of drug-likeness (QED) is 0.429. The molecule has 4 rings (SSSR count). The van der Waals surface area contributed by atoms with E-state index in [0.29, 0.717) is 16.7 Å². The van der Waals surface area contributed by atoms with Gasteiger partial charge in [0, 0.05) is 23.7 Å². The Morgan fingerprint density at radius 3 is 2.64 bits per heavy atom. The highest BCUT2D eigenvalue weighted by molar-refractivity contribution is 7.98. The summed E-state index contributed by atoms with van der Waals surface area (Å²) in [6.45, 7) is 4.17. The molecule has 140 valence electrons. The Labute approximate surface area is 167 Å². The number of pyridine rings is 1. The zero-order chi connectivity index (χ0) is 19.5. The van der Waals surface area contributed by atoms with E-state index >= 15 is 0 Å². The van der Waals surface area contributed by atoms with Crippen LogP contribution in [-0.2, 0) is 5.75 Å². The molecule has 0 saturated heterocycles. The normalized spacial score (nSPS) is 11.0. The zero-order valence-electron chi connectivity index (χ0n) is 15.6. The second kappa shape index (κ2) is 7.94. The molecule has 0 spiro atoms. The van der Waals surface area contributed by atoms with Gasteiger partial charge in [0.05, 0.1) is 5.69 Å². The Bertz CT molecular complexity index is 1110. The molecule has 28 heavy (non-hydrogen) atoms. The van der Waals surface area contributed by atoms with E-state index in [0.717, 1.165) is 11.3 Å². The summed E-state index contributed by atoms with van der Waals surface area (Å²) in [5.41, 5.74) is 4.89. The summed E-state index contributed by atoms with van der Waals surface area (Å²) >= 11 is 1.54. The highest BCUT2D eigenvalue weighted by Crippen LogP contribution is 2.31. The van der Waals surface area contributed by atoms with Crippen LogP contribution in [0.3, 0.4) is 0 Å². The second-order valence-corrected chi connectivity index (χ2v) is 7.50. The van der Waals surface area contributed by atoms with Gasteiger partial charge in [-0.15, -0.1) is 10.2 Å². The van der Waals surface area contributed by atoms with E-state index in [1.165, 1.54) is 22.8 Å². The molecule has 2 heterocycles. The van der Waals surface area contributed by atoms with Gasteiger partial charge < -0.3 is 0 Å². The van der Waals surface area contributed by atoms with Crippen LogP contribution >= 0.6 is 11.8 Å². The molecular formula is C22H19FN4S. The third kappa shape index (κ3) is 3.68. The van der Waals surface area contributed by atoms with E-state index in [4.69, 9.17) is 0 Å². The van der Waals surface area contributed by atoms with Crippen LogP contribution < -0.4 is 0 Å². The zero-order valence-corrected chi connectivity index (χ0v) is 16.4. The molecule has 0 aliphatic carbocycles. The highest BCUT2D eigenvalue weighted by Gasteiger charge is 2.19. The average molecular weight is 390 g/mol. The Hall–Kier alpha value is -2.99. The second-order valence-electron chi connectivity index (χ2n) is 6.55. The van der Waals surface area contributed by atoms with E-state index in [1.54, 1.807) is 40.9 Å². The SMILES string of the molecule is Cc1ccc(C)c(CSc2nnc(-c3cccnc3)n2-c2ccccc2F)c1. The van der Waals surface area contributed by atoms with Crippen LogP contribution in [0.1, 0.15) is 16.7 Å². The molecule has 0 saturated carbocycles. The van der Waals surface area contributed by atoms with Crippen molar-refractivity contribution in [1.82, 2.24) is 19.7 Å². The summed E-state index contributed by atoms with van der Waals surface area (Å²) in [7, 11) is 0. The van der Waals surface area contributed by atoms with Gasteiger partial charge in [0.1, 0.15) is 5.82 Å². The molecule has 6 heteroatoms. The molecule has 0 N–H and O–H groups in total. The topological polar surface area (TPSA) is 43.6 Å². The summed E-state index contributed by atoms with van der Waals surface area (Å²) in [4.78, 5) is 4.16. The summed E-state index contributed by atoms with van der Waals surface area (Å²) in [5, 5.41) is 9.34. The number of rotatable bonds is 5. The number of halogens is 1. The molecule has 0 amide bonds. The Balaban J connectivity index is 1.76. The molecular weight excluding hydrogens is 371 g/mol. The van der Waals surface area contributed by atoms with Crippen LogP contribution in [0.25, 0.3) is 17.1 Å². The Morgan fingerprint density at radius 2 is 1.86 bits per heavy atom. The van der Waals surface area contributed by atoms with Crippen LogP contribution in [0, 0.1) is 19.7 Å². The first-order valence-corrected chi connectivity index (χ1v) is 9.91. The number of aromatic nitrogens is 4. The van der Waals surface area contributed by atoms with Crippen molar-refractivity contribution in [3.05, 3.63) is 89.5 Å². The van der Waals surface area contributed by atoms with E-state index in [9.17, 15) is 4.39 Å². The van der Waals surface area contributed by atoms with Crippen LogP contribution in [-0.4, -0.2) is 19.7 Å². The predicted molar refractivity (Wildman–Crippen MR) is 110 cm³/mol. The largest absolute Gasteiger partial charge is 0.267 e. The van der Waals surface area contributed by atoms with Crippen LogP contribution in [0.5, 0.6) is 0 Å². The van der Waals surface area contributed by atoms with Crippen molar-refractivity contribution in [1.29, 1.82) is 0 Å². The van der Waals surface area contributed by atoms with Crippen LogP contribution in [0.15, 0.2) is 72.1 Å². The lowest BCUT2D eigenvalue weighted by molar-refractivity contribution is 0.613. The van der Waals surface area contributed by atoms with Gasteiger partial charge in [0.25, 0.3) is 0 Å². The van der Waals surface area contributed by atoms with Gasteiger partial charge in [-0.25, -0.2) is 4.39 Å². The summed E-state index contributed by atoms with van der Waals surface area (Å²) in [5.74, 6) is 0.982. The summed E-state index contributed by atoms with van der Waals surface area (Å²) in [6, 6.07) is 16.8. The van der Waals surface area contributed by atoms with Crippen molar-refractivity contribution < 1.29 is 4.39 Å². The Kier molecular flexibility index (Phi) is 5.21. The van der Waals surface area contributed by atoms with Crippen molar-refractivity contribution in [3.8, 4) is 17.1 Å². The summed E-state index contributed by atoms with van der Waals surface area (Å²) in [6.07, 6.45) is 3.41. The monoisotopic (exact) mass is 390 g/mol. The van der Waals surface area contributed by atoms with Crippen LogP contribution in [0.4, 0.5) is 4.39 Å². The fourth-order valence-electron chi connectivity index (χ4n) is 2.99. The maximum atomic E-state index is 14.6. The van der Waals surface area contributed by atoms with E-state index in [1.807, 2.05) is 18.2 Å². The molecule has 0 aliphatic rings. The molecule has 0 bridgehead atoms. The lowest BCUT2D eigenvalue weighted by atomic mass is 10.1. The van der Waals surface area contributed by atoms with Gasteiger partial charge in [-0.2, -0.15) is 0 Å². The fraction of sp³-hybridized carbons (Fsp3) is 0.136. The lowest BCUT2D eigenvalue weighted by Crippen LogP contribution is -2.02. The molecule has 2 aromatic heterocycles. The number of benzene rings is 2. The minimum Gasteiger partial charge on any atom is -0.267 e. The van der Waals surface area contributed by atoms with Gasteiger partial charge in [-0.05, 0) is 49.2 Å². The smallest absolute Gasteiger partial charge is 0.196 e. The van der Waals surface area contributed by atoms with Crippen molar-refractivity contribution in [3.63, 3.8) is 0 Å². The fourth-order valence-corrected chi connectivity index (χ4v) is 4.00. The minimum atomic E-state index is -0.318. The number of para-hydroxylation sites is 1. The van der Waals surface area contributed by atoms with Gasteiger partial charge in [0.15, 0.2) is 11.0 Å². The average Bonchev–Trinajstić information content (AvgIpc) is 3.13. The molecule has 4 nitrogen and oxygen atoms in total. The third-order valence-corrected chi connectivity index (χ3v) is 5.49. The van der Waals surface area contributed by atoms with Gasteiger partial charge in [-0.3, -0.25) is 9.55 Å². The predicted octanol–water partition coefficient (Wildman–Crippen LogP) is 5.38. The van der Waals surface area contributed by atoms with E-state index in [-0.39, 0.29) is 5.82 Å². The lowest BCUT2D eigenvalue weighted by Gasteiger charge is -2.12. The molecule has 0 unspecified atom stereocenters. The maximum absolute atomic E-state index is 14.6. The van der Waals surface area contributed by atoms with E-state index < -0.39 is 0 Å². The molecule has 4 aromatic rings. The highest BCUT2D eigenvalue weighted by atomic mass is 32.2. The number of aryl methyl sites for hydroxylation is 2. The molecule has 0 fully saturated rings. The van der Waals surface area contributed by atoms with Crippen molar-refractivity contribution in [2.45, 2.75) is 24.8 Å². The summed E-state index contributed by atoms with van der Waals surface area (Å²) < 4.78 is 16.4. The number of nitrogens with zero attached hydrogens (tertiary/aromatic N) is 4. The van der Waals surface area contributed by atoms with Gasteiger partial charge in [-0.1, -0.05) is 47.7 Å². The number of thioether (sulfide) groups is 1. The Morgan fingerprint density at radius 1 is 1.00 bits per heavy atom. The van der Waals surface area contributed by atoms with Crippen molar-refractivity contribution >= 4 is 11.8 Å². The van der Waals surface area contributed by atoms with E-state index in [2.05, 4.69) is 47.2 Å². The molecule has 0 atom stereocenters. The minimum absolute atomic E-state index is 0.318. The van der Waals surface area contributed by atoms with Crippen molar-refractivity contribution in [2.24, 2.45) is 0 Å². The molecule has 0 aliphatic heterocycles. The van der Waals surface area contributed by atoms with Gasteiger partial charge >= 0.3 is 0 Å². The van der Waals surface area contributed by atoms with Gasteiger partial charge in [0.2, 0.25) is 0 Å². The van der Waals surface area contributed by atoms with Crippen LogP contribution in [0.2, 0.25) is 0 Å². The maximum Gasteiger partial charge on any atom is 0.196 e. The molecule has 0 radical (unpaired) electrons. The standard InChI is InChI=1S/C22H19FN4S/c1-15-9-10-16(2)18(12-15)14-28-22-26-25-21(17-6-5-11-24-13-17)27(22)20-8-4-3-7-19(20)23/h3-13H,14H2,1-2H3. The first-order chi connectivity index (χ1) is 13.6. The number of hydrogen-bond donors (Lipinski definition) is 0. The number of hydrogen-bond acceptors (Lipinski definition) is 4. The molecule has 2 aromatic carbocycles. The van der Waals surface area contributed by atoms with Crippen molar-refractivity contribution in [2.75, 3.05) is 0 Å². The third-order valence-electron chi connectivity index (χ3n) is 4.51. The first-order valence-electron chi connectivity index (χ1n) is 8.93. The first kappa shape index (κ1) is 18.4.